The molecule has 2 N–H and O–H groups in total. The van der Waals surface area contributed by atoms with Crippen molar-refractivity contribution in [3.8, 4) is 0 Å². The number of carbonyl (C=O) groups is 1. The minimum absolute atomic E-state index is 0.152. The predicted octanol–water partition coefficient (Wildman–Crippen LogP) is 6.62. The summed E-state index contributed by atoms with van der Waals surface area (Å²) in [7, 11) is -4.88. The molecule has 0 fully saturated rings. The summed E-state index contributed by atoms with van der Waals surface area (Å²) in [5.74, 6) is -1.54. The number of sulfone groups is 1. The van der Waals surface area contributed by atoms with Gasteiger partial charge in [-0.05, 0) is 26.2 Å². The summed E-state index contributed by atoms with van der Waals surface area (Å²) < 4.78 is 48.0. The van der Waals surface area contributed by atoms with Crippen LogP contribution in [0.3, 0.4) is 0 Å². The Morgan fingerprint density at radius 2 is 1.30 bits per heavy atom. The van der Waals surface area contributed by atoms with Crippen molar-refractivity contribution >= 4 is 24.3 Å². The maximum Gasteiger partial charge on any atom is 0.470 e. The van der Waals surface area contributed by atoms with Gasteiger partial charge in [0.25, 0.3) is 0 Å². The normalized spacial score (nSPS) is 15.5. The lowest BCUT2D eigenvalue weighted by Crippen LogP contribution is -2.37. The second kappa shape index (κ2) is 22.2. The fraction of sp³-hybridized carbons (Fsp3) is 0.963. The van der Waals surface area contributed by atoms with Crippen molar-refractivity contribution in [1.82, 2.24) is 0 Å². The third-order valence-corrected chi connectivity index (χ3v) is 9.80. The molecule has 0 aliphatic rings. The largest absolute Gasteiger partial charge is 0.474 e. The number of carboxylic acids is 1. The number of hydrogen-bond acceptors (Lipinski definition) is 7. The van der Waals surface area contributed by atoms with Crippen LogP contribution in [0, 0.1) is 0 Å². The van der Waals surface area contributed by atoms with Crippen molar-refractivity contribution in [1.29, 1.82) is 0 Å². The molecule has 0 radical (unpaired) electrons. The van der Waals surface area contributed by atoms with E-state index in [-0.39, 0.29) is 25.4 Å². The second-order valence-electron chi connectivity index (χ2n) is 10.1. The summed E-state index contributed by atoms with van der Waals surface area (Å²) >= 11 is 0. The van der Waals surface area contributed by atoms with Crippen LogP contribution < -0.4 is 0 Å². The second-order valence-corrected chi connectivity index (χ2v) is 13.3. The van der Waals surface area contributed by atoms with E-state index in [9.17, 15) is 22.9 Å². The summed E-state index contributed by atoms with van der Waals surface area (Å²) in [4.78, 5) is 10.9. The van der Waals surface area contributed by atoms with Crippen LogP contribution in [0.15, 0.2) is 0 Å². The van der Waals surface area contributed by atoms with Crippen LogP contribution in [-0.2, 0) is 28.7 Å². The van der Waals surface area contributed by atoms with Crippen molar-refractivity contribution in [3.05, 3.63) is 0 Å². The molecule has 0 spiro atoms. The Bertz CT molecular complexity index is 688. The van der Waals surface area contributed by atoms with Gasteiger partial charge in [-0.25, -0.2) is 13.2 Å². The van der Waals surface area contributed by atoms with E-state index in [2.05, 4.69) is 13.8 Å². The van der Waals surface area contributed by atoms with Gasteiger partial charge in [0.05, 0.1) is 23.7 Å². The van der Waals surface area contributed by atoms with Gasteiger partial charge in [0.2, 0.25) is 0 Å². The number of carboxylic acid groups (broad SMARTS) is 1. The van der Waals surface area contributed by atoms with E-state index >= 15 is 0 Å². The smallest absolute Gasteiger partial charge is 0.470 e. The average molecular weight is 570 g/mol. The molecule has 0 saturated heterocycles. The Morgan fingerprint density at radius 3 is 1.78 bits per heavy atom. The van der Waals surface area contributed by atoms with Crippen molar-refractivity contribution < 1.29 is 37.5 Å². The fourth-order valence-corrected chi connectivity index (χ4v) is 6.73. The van der Waals surface area contributed by atoms with E-state index in [0.717, 1.165) is 44.9 Å². The topological polar surface area (TPSA) is 127 Å². The summed E-state index contributed by atoms with van der Waals surface area (Å²) in [6.07, 6.45) is 17.0. The SMILES string of the molecule is CCCCCCCCCCCCS(=O)(=O)C(CCCCCCC)C(C)OCCCOC(O)([PH+]=O)C(=O)O. The van der Waals surface area contributed by atoms with Gasteiger partial charge in [-0.2, -0.15) is 0 Å². The first-order valence-corrected chi connectivity index (χ1v) is 17.1. The summed E-state index contributed by atoms with van der Waals surface area (Å²) in [5, 5.41) is 17.9. The molecule has 0 amide bonds. The highest BCUT2D eigenvalue weighted by Gasteiger charge is 2.47. The van der Waals surface area contributed by atoms with E-state index in [4.69, 9.17) is 14.6 Å². The molecule has 4 unspecified atom stereocenters. The van der Waals surface area contributed by atoms with E-state index in [0.29, 0.717) is 12.8 Å². The molecule has 37 heavy (non-hydrogen) atoms. The van der Waals surface area contributed by atoms with Crippen LogP contribution in [0.5, 0.6) is 0 Å². The lowest BCUT2D eigenvalue weighted by atomic mass is 10.1. The van der Waals surface area contributed by atoms with Crippen molar-refractivity contribution in [3.63, 3.8) is 0 Å². The third kappa shape index (κ3) is 17.6. The molecule has 0 rings (SSSR count). The zero-order valence-corrected chi connectivity index (χ0v) is 25.4. The first kappa shape index (κ1) is 36.4. The minimum Gasteiger partial charge on any atom is -0.474 e. The van der Waals surface area contributed by atoms with E-state index in [1.54, 1.807) is 6.92 Å². The van der Waals surface area contributed by atoms with Gasteiger partial charge in [0.15, 0.2) is 9.84 Å². The first-order chi connectivity index (χ1) is 17.6. The molecular weight excluding hydrogens is 515 g/mol. The number of unbranched alkanes of at least 4 members (excludes halogenated alkanes) is 13. The van der Waals surface area contributed by atoms with Crippen molar-refractivity contribution in [2.75, 3.05) is 19.0 Å². The van der Waals surface area contributed by atoms with Crippen LogP contribution in [0.2, 0.25) is 0 Å². The Labute approximate surface area is 227 Å². The molecule has 0 heterocycles. The number of ether oxygens (including phenoxy) is 2. The zero-order chi connectivity index (χ0) is 28.0. The molecule has 0 saturated carbocycles. The van der Waals surface area contributed by atoms with Gasteiger partial charge in [0, 0.05) is 6.61 Å². The lowest BCUT2D eigenvalue weighted by molar-refractivity contribution is -0.190. The van der Waals surface area contributed by atoms with Gasteiger partial charge >= 0.3 is 20.0 Å². The molecule has 0 aliphatic carbocycles. The summed E-state index contributed by atoms with van der Waals surface area (Å²) in [6, 6.07) is 0. The molecule has 8 nitrogen and oxygen atoms in total. The summed E-state index contributed by atoms with van der Waals surface area (Å²) in [5.41, 5.74) is -2.72. The average Bonchev–Trinajstić information content (AvgIpc) is 2.86. The predicted molar refractivity (Wildman–Crippen MR) is 150 cm³/mol. The highest BCUT2D eigenvalue weighted by Crippen LogP contribution is 2.23. The molecule has 0 aromatic heterocycles. The maximum absolute atomic E-state index is 13.2. The number of rotatable bonds is 27. The molecule has 220 valence electrons. The van der Waals surface area contributed by atoms with Crippen LogP contribution in [0.25, 0.3) is 0 Å². The lowest BCUT2D eigenvalue weighted by Gasteiger charge is -2.25. The van der Waals surface area contributed by atoms with Gasteiger partial charge in [-0.1, -0.05) is 108 Å². The molecule has 10 heteroatoms. The zero-order valence-electron chi connectivity index (χ0n) is 23.5. The molecule has 0 aromatic rings. The third-order valence-electron chi connectivity index (χ3n) is 6.77. The maximum atomic E-state index is 13.2. The van der Waals surface area contributed by atoms with Gasteiger partial charge in [0.1, 0.15) is 0 Å². The molecule has 0 bridgehead atoms. The Hall–Kier alpha value is -0.600. The Kier molecular flexibility index (Phi) is 21.9. The Morgan fingerprint density at radius 1 is 0.811 bits per heavy atom. The number of aliphatic hydroxyl groups is 1. The van der Waals surface area contributed by atoms with Gasteiger partial charge < -0.3 is 19.7 Å². The standard InChI is InChI=1S/C27H53O8PS/c1-4-6-8-10-11-12-13-14-16-18-23-37(32,33)25(20-17-15-9-7-5-2)24(3)34-21-19-22-35-27(30,36-31)26(28)29/h24-25,30H,4-23H2,1-3H3,(H,28,29)/p+1. The van der Waals surface area contributed by atoms with Crippen LogP contribution >= 0.6 is 8.46 Å². The van der Waals surface area contributed by atoms with Crippen molar-refractivity contribution in [2.45, 2.75) is 147 Å². The van der Waals surface area contributed by atoms with Crippen LogP contribution in [0.1, 0.15) is 130 Å². The fourth-order valence-electron chi connectivity index (χ4n) is 4.39. The molecule has 0 aromatic carbocycles. The van der Waals surface area contributed by atoms with Gasteiger partial charge in [-0.15, -0.1) is 0 Å². The van der Waals surface area contributed by atoms with Crippen molar-refractivity contribution in [2.24, 2.45) is 0 Å². The van der Waals surface area contributed by atoms with Crippen LogP contribution in [0.4, 0.5) is 0 Å². The van der Waals surface area contributed by atoms with E-state index in [1.165, 1.54) is 44.9 Å². The highest BCUT2D eigenvalue weighted by atomic mass is 32.2. The quantitative estimate of drug-likeness (QED) is 0.0642. The van der Waals surface area contributed by atoms with Crippen LogP contribution in [-0.4, -0.2) is 60.4 Å². The van der Waals surface area contributed by atoms with E-state index in [1.807, 2.05) is 0 Å². The monoisotopic (exact) mass is 569 g/mol. The first-order valence-electron chi connectivity index (χ1n) is 14.5. The molecule has 0 aliphatic heterocycles. The Balaban J connectivity index is 4.59. The summed E-state index contributed by atoms with van der Waals surface area (Å²) in [6.45, 7) is 6.13. The number of hydrogen-bond donors (Lipinski definition) is 2. The molecule has 4 atom stereocenters. The number of aliphatic carboxylic acids is 1. The highest BCUT2D eigenvalue weighted by molar-refractivity contribution is 7.92. The molecular formula is C27H54O8PS+. The van der Waals surface area contributed by atoms with Gasteiger partial charge in [-0.3, -0.25) is 0 Å². The minimum atomic E-state index is -3.32. The van der Waals surface area contributed by atoms with E-state index < -0.39 is 41.1 Å².